The average molecular weight is 433 g/mol. The Morgan fingerprint density at radius 3 is 2.53 bits per heavy atom. The van der Waals surface area contributed by atoms with Gasteiger partial charge in [-0.15, -0.1) is 10.2 Å². The molecular formula is C20H28N6O3S. The Kier molecular flexibility index (Phi) is 7.20. The topological polar surface area (TPSA) is 103 Å². The lowest BCUT2D eigenvalue weighted by Gasteiger charge is -2.13. The maximum absolute atomic E-state index is 11.7. The summed E-state index contributed by atoms with van der Waals surface area (Å²) in [7, 11) is 3.21. The van der Waals surface area contributed by atoms with Crippen LogP contribution in [-0.4, -0.2) is 57.4 Å². The third-order valence-corrected chi connectivity index (χ3v) is 5.33. The maximum Gasteiger partial charge on any atom is 0.279 e. The maximum atomic E-state index is 11.7. The fourth-order valence-electron chi connectivity index (χ4n) is 3.12. The monoisotopic (exact) mass is 432 g/mol. The van der Waals surface area contributed by atoms with Gasteiger partial charge in [-0.05, 0) is 19.8 Å². The van der Waals surface area contributed by atoms with Crippen molar-refractivity contribution in [1.82, 2.24) is 24.9 Å². The fraction of sp³-hybridized carbons (Fsp3) is 0.500. The first-order valence-electron chi connectivity index (χ1n) is 9.90. The van der Waals surface area contributed by atoms with Crippen molar-refractivity contribution in [3.8, 4) is 11.5 Å². The second-order valence-corrected chi connectivity index (χ2v) is 8.63. The van der Waals surface area contributed by atoms with E-state index in [0.717, 1.165) is 29.7 Å². The molecule has 9 nitrogen and oxygen atoms in total. The molecule has 1 amide bonds. The van der Waals surface area contributed by atoms with E-state index in [0.29, 0.717) is 41.3 Å². The molecule has 2 aromatic heterocycles. The van der Waals surface area contributed by atoms with Crippen LogP contribution in [0.25, 0.3) is 16.7 Å². The second-order valence-electron chi connectivity index (χ2n) is 7.08. The molecule has 2 heterocycles. The molecule has 0 aliphatic heterocycles. The molecule has 0 radical (unpaired) electrons. The van der Waals surface area contributed by atoms with Gasteiger partial charge in [-0.3, -0.25) is 9.20 Å². The van der Waals surface area contributed by atoms with Gasteiger partial charge in [0.15, 0.2) is 17.3 Å². The molecule has 2 N–H and O–H groups in total. The molecule has 0 atom stereocenters. The fourth-order valence-corrected chi connectivity index (χ4v) is 3.74. The lowest BCUT2D eigenvalue weighted by Crippen LogP contribution is -2.21. The predicted octanol–water partition coefficient (Wildman–Crippen LogP) is 3.65. The van der Waals surface area contributed by atoms with Crippen LogP contribution in [0.1, 0.15) is 32.5 Å². The zero-order valence-corrected chi connectivity index (χ0v) is 18.8. The summed E-state index contributed by atoms with van der Waals surface area (Å²) in [5, 5.41) is 15.1. The highest BCUT2D eigenvalue weighted by Crippen LogP contribution is 2.33. The minimum Gasteiger partial charge on any atom is -0.493 e. The van der Waals surface area contributed by atoms with Gasteiger partial charge in [-0.1, -0.05) is 25.6 Å². The second kappa shape index (κ2) is 9.84. The number of hydrogen-bond donors (Lipinski definition) is 2. The van der Waals surface area contributed by atoms with E-state index in [-0.39, 0.29) is 5.24 Å². The van der Waals surface area contributed by atoms with Crippen LogP contribution in [0.3, 0.4) is 0 Å². The molecule has 30 heavy (non-hydrogen) atoms. The number of carbonyl (C=O) groups is 1. The Balaban J connectivity index is 1.72. The number of aryl methyl sites for hydroxylation is 1. The highest BCUT2D eigenvalue weighted by atomic mass is 32.2. The molecule has 0 spiro atoms. The lowest BCUT2D eigenvalue weighted by molar-refractivity contribution is 0.260. The molecule has 0 saturated heterocycles. The zero-order chi connectivity index (χ0) is 21.7. The molecule has 162 valence electrons. The summed E-state index contributed by atoms with van der Waals surface area (Å²) in [4.78, 5) is 16.4. The van der Waals surface area contributed by atoms with Crippen LogP contribution < -0.4 is 20.1 Å². The highest BCUT2D eigenvalue weighted by Gasteiger charge is 2.16. The van der Waals surface area contributed by atoms with E-state index in [4.69, 9.17) is 14.5 Å². The standard InChI is InChI=1S/C20H28N6O3S/c1-12(2)30-20(27)22-9-7-6-8-21-18-19-25-24-13(3)26(19)15-11-17(29-5)16(28-4)10-14(15)23-18/h10-12H,6-9H2,1-5H3,(H,21,23)(H,22,27). The normalized spacial score (nSPS) is 11.3. The minimum absolute atomic E-state index is 0.0270. The van der Waals surface area contributed by atoms with Crippen molar-refractivity contribution in [2.45, 2.75) is 38.9 Å². The smallest absolute Gasteiger partial charge is 0.279 e. The van der Waals surface area contributed by atoms with Gasteiger partial charge < -0.3 is 20.1 Å². The van der Waals surface area contributed by atoms with E-state index >= 15 is 0 Å². The molecule has 10 heteroatoms. The van der Waals surface area contributed by atoms with Crippen molar-refractivity contribution in [3.05, 3.63) is 18.0 Å². The number of thioether (sulfide) groups is 1. The molecule has 0 saturated carbocycles. The summed E-state index contributed by atoms with van der Waals surface area (Å²) >= 11 is 1.31. The number of amides is 1. The summed E-state index contributed by atoms with van der Waals surface area (Å²) < 4.78 is 12.8. The van der Waals surface area contributed by atoms with E-state index in [1.54, 1.807) is 14.2 Å². The molecule has 0 fully saturated rings. The van der Waals surface area contributed by atoms with Crippen LogP contribution >= 0.6 is 11.8 Å². The number of methoxy groups -OCH3 is 2. The predicted molar refractivity (Wildman–Crippen MR) is 120 cm³/mol. The number of nitrogens with one attached hydrogen (secondary N) is 2. The molecule has 0 aliphatic rings. The lowest BCUT2D eigenvalue weighted by atomic mass is 10.2. The summed E-state index contributed by atoms with van der Waals surface area (Å²) in [6.07, 6.45) is 1.76. The number of aromatic nitrogens is 4. The van der Waals surface area contributed by atoms with Crippen LogP contribution in [0.15, 0.2) is 12.1 Å². The number of ether oxygens (including phenoxy) is 2. The van der Waals surface area contributed by atoms with Crippen LogP contribution in [0, 0.1) is 6.92 Å². The average Bonchev–Trinajstić information content (AvgIpc) is 3.11. The van der Waals surface area contributed by atoms with Gasteiger partial charge in [0, 0.05) is 30.5 Å². The highest BCUT2D eigenvalue weighted by molar-refractivity contribution is 8.14. The van der Waals surface area contributed by atoms with Gasteiger partial charge in [-0.2, -0.15) is 0 Å². The first kappa shape index (κ1) is 21.9. The molecular weight excluding hydrogens is 404 g/mol. The Morgan fingerprint density at radius 1 is 1.13 bits per heavy atom. The molecule has 1 aromatic carbocycles. The number of benzene rings is 1. The molecule has 0 aliphatic carbocycles. The molecule has 0 bridgehead atoms. The minimum atomic E-state index is 0.0270. The van der Waals surface area contributed by atoms with E-state index < -0.39 is 0 Å². The van der Waals surface area contributed by atoms with Gasteiger partial charge in [0.1, 0.15) is 5.82 Å². The van der Waals surface area contributed by atoms with Gasteiger partial charge >= 0.3 is 0 Å². The van der Waals surface area contributed by atoms with E-state index in [2.05, 4.69) is 20.8 Å². The van der Waals surface area contributed by atoms with Crippen molar-refractivity contribution in [2.75, 3.05) is 32.6 Å². The number of hydrogen-bond acceptors (Lipinski definition) is 8. The van der Waals surface area contributed by atoms with Crippen molar-refractivity contribution >= 4 is 39.5 Å². The van der Waals surface area contributed by atoms with Crippen molar-refractivity contribution in [1.29, 1.82) is 0 Å². The Bertz CT molecular complexity index is 1040. The number of fused-ring (bicyclic) bond motifs is 3. The van der Waals surface area contributed by atoms with Crippen LogP contribution in [0.5, 0.6) is 11.5 Å². The number of nitrogens with zero attached hydrogens (tertiary/aromatic N) is 4. The number of unbranched alkanes of at least 4 members (excludes halogenated alkanes) is 1. The first-order chi connectivity index (χ1) is 14.4. The first-order valence-corrected chi connectivity index (χ1v) is 10.8. The number of rotatable bonds is 9. The van der Waals surface area contributed by atoms with Gasteiger partial charge in [0.2, 0.25) is 5.65 Å². The van der Waals surface area contributed by atoms with Gasteiger partial charge in [-0.25, -0.2) is 4.98 Å². The summed E-state index contributed by atoms with van der Waals surface area (Å²) in [6, 6.07) is 3.73. The SMILES string of the molecule is COc1cc2nc(NCCCCNC(=O)SC(C)C)c3nnc(C)n3c2cc1OC. The molecule has 3 rings (SSSR count). The molecule has 0 unspecified atom stereocenters. The van der Waals surface area contributed by atoms with Crippen molar-refractivity contribution < 1.29 is 14.3 Å². The molecule has 3 aromatic rings. The summed E-state index contributed by atoms with van der Waals surface area (Å²) in [5.41, 5.74) is 2.26. The van der Waals surface area contributed by atoms with Crippen LogP contribution in [-0.2, 0) is 0 Å². The largest absolute Gasteiger partial charge is 0.493 e. The quantitative estimate of drug-likeness (QED) is 0.494. The number of carbonyl (C=O) groups excluding carboxylic acids is 1. The third kappa shape index (κ3) is 4.86. The van der Waals surface area contributed by atoms with Crippen LogP contribution in [0.4, 0.5) is 10.6 Å². The van der Waals surface area contributed by atoms with Crippen LogP contribution in [0.2, 0.25) is 0 Å². The number of anilines is 1. The van der Waals surface area contributed by atoms with Gasteiger partial charge in [0.05, 0.1) is 25.3 Å². The Labute approximate surface area is 179 Å². The van der Waals surface area contributed by atoms with Crippen molar-refractivity contribution in [2.24, 2.45) is 0 Å². The third-order valence-electron chi connectivity index (χ3n) is 4.50. The summed E-state index contributed by atoms with van der Waals surface area (Å²) in [5.74, 6) is 2.66. The van der Waals surface area contributed by atoms with E-state index in [9.17, 15) is 4.79 Å². The van der Waals surface area contributed by atoms with Crippen molar-refractivity contribution in [3.63, 3.8) is 0 Å². The zero-order valence-electron chi connectivity index (χ0n) is 18.0. The van der Waals surface area contributed by atoms with Gasteiger partial charge in [0.25, 0.3) is 5.24 Å². The summed E-state index contributed by atoms with van der Waals surface area (Å²) in [6.45, 7) is 7.27. The Hall–Kier alpha value is -2.75. The Morgan fingerprint density at radius 2 is 1.83 bits per heavy atom. The van der Waals surface area contributed by atoms with E-state index in [1.807, 2.05) is 37.3 Å². The van der Waals surface area contributed by atoms with E-state index in [1.165, 1.54) is 11.8 Å².